The molecule has 1 aromatic rings. The zero-order chi connectivity index (χ0) is 12.1. The topological polar surface area (TPSA) is 54.2 Å². The van der Waals surface area contributed by atoms with E-state index in [9.17, 15) is 0 Å². The van der Waals surface area contributed by atoms with E-state index >= 15 is 0 Å². The number of aryl methyl sites for hydroxylation is 1. The van der Waals surface area contributed by atoms with Gasteiger partial charge in [0.2, 0.25) is 0 Å². The fraction of sp³-hybridized carbons (Fsp3) is 0.615. The first-order valence-corrected chi connectivity index (χ1v) is 6.44. The van der Waals surface area contributed by atoms with Crippen LogP contribution in [0.5, 0.6) is 0 Å². The summed E-state index contributed by atoms with van der Waals surface area (Å²) in [7, 11) is 0. The Balaban J connectivity index is 1.68. The fourth-order valence-electron chi connectivity index (χ4n) is 2.16. The molecule has 3 N–H and O–H groups in total. The van der Waals surface area contributed by atoms with Crippen molar-refractivity contribution in [1.29, 1.82) is 0 Å². The van der Waals surface area contributed by atoms with Crippen molar-refractivity contribution in [3.8, 4) is 0 Å². The van der Waals surface area contributed by atoms with E-state index in [4.69, 9.17) is 5.73 Å². The lowest BCUT2D eigenvalue weighted by molar-refractivity contribution is 0.337. The lowest BCUT2D eigenvalue weighted by Gasteiger charge is -2.14. The monoisotopic (exact) mass is 234 g/mol. The van der Waals surface area contributed by atoms with Gasteiger partial charge >= 0.3 is 0 Å². The molecular formula is C13H22N4. The van der Waals surface area contributed by atoms with Crippen molar-refractivity contribution in [2.24, 2.45) is 0 Å². The second kappa shape index (κ2) is 5.87. The molecular weight excluding hydrogens is 212 g/mol. The van der Waals surface area contributed by atoms with Crippen molar-refractivity contribution in [2.45, 2.75) is 26.2 Å². The summed E-state index contributed by atoms with van der Waals surface area (Å²) in [6.45, 7) is 6.67. The average molecular weight is 234 g/mol. The van der Waals surface area contributed by atoms with Crippen LogP contribution in [0.3, 0.4) is 0 Å². The highest BCUT2D eigenvalue weighted by atomic mass is 15.1. The molecule has 0 unspecified atom stereocenters. The number of nitrogens with zero attached hydrogens (tertiary/aromatic N) is 2. The summed E-state index contributed by atoms with van der Waals surface area (Å²) in [5.41, 5.74) is 7.68. The molecule has 0 amide bonds. The summed E-state index contributed by atoms with van der Waals surface area (Å²) in [6, 6.07) is 1.91. The van der Waals surface area contributed by atoms with Gasteiger partial charge in [-0.3, -0.25) is 0 Å². The van der Waals surface area contributed by atoms with Crippen LogP contribution < -0.4 is 11.1 Å². The number of aromatic nitrogens is 1. The maximum absolute atomic E-state index is 5.84. The van der Waals surface area contributed by atoms with Crippen LogP contribution in [0.2, 0.25) is 0 Å². The van der Waals surface area contributed by atoms with Crippen LogP contribution in [0.25, 0.3) is 0 Å². The van der Waals surface area contributed by atoms with Crippen molar-refractivity contribution >= 4 is 11.5 Å². The highest BCUT2D eigenvalue weighted by Crippen LogP contribution is 2.13. The minimum absolute atomic E-state index is 0.807. The van der Waals surface area contributed by atoms with E-state index in [-0.39, 0.29) is 0 Å². The SMILES string of the molecule is Cc1cnc(NCCCN2CCCC2)cc1N. The molecule has 1 aliphatic rings. The van der Waals surface area contributed by atoms with E-state index in [1.165, 1.54) is 32.5 Å². The maximum Gasteiger partial charge on any atom is 0.127 e. The summed E-state index contributed by atoms with van der Waals surface area (Å²) in [6.07, 6.45) is 5.71. The Hall–Kier alpha value is -1.29. The van der Waals surface area contributed by atoms with E-state index in [1.54, 1.807) is 0 Å². The Morgan fingerprint density at radius 2 is 2.18 bits per heavy atom. The smallest absolute Gasteiger partial charge is 0.127 e. The molecule has 0 saturated carbocycles. The third-order valence-corrected chi connectivity index (χ3v) is 3.30. The van der Waals surface area contributed by atoms with Gasteiger partial charge in [0.15, 0.2) is 0 Å². The minimum atomic E-state index is 0.807. The molecule has 1 aliphatic heterocycles. The van der Waals surface area contributed by atoms with Crippen LogP contribution in [0.1, 0.15) is 24.8 Å². The fourth-order valence-corrected chi connectivity index (χ4v) is 2.16. The van der Waals surface area contributed by atoms with E-state index in [0.717, 1.165) is 30.0 Å². The highest BCUT2D eigenvalue weighted by Gasteiger charge is 2.09. The molecule has 0 aromatic carbocycles. The number of rotatable bonds is 5. The Kier molecular flexibility index (Phi) is 4.20. The van der Waals surface area contributed by atoms with Crippen molar-refractivity contribution in [3.05, 3.63) is 17.8 Å². The Labute approximate surface area is 103 Å². The van der Waals surface area contributed by atoms with Gasteiger partial charge in [0.1, 0.15) is 5.82 Å². The van der Waals surface area contributed by atoms with Crippen molar-refractivity contribution in [1.82, 2.24) is 9.88 Å². The summed E-state index contributed by atoms with van der Waals surface area (Å²) in [5.74, 6) is 0.884. The molecule has 4 nitrogen and oxygen atoms in total. The lowest BCUT2D eigenvalue weighted by Crippen LogP contribution is -2.22. The highest BCUT2D eigenvalue weighted by molar-refractivity contribution is 5.53. The molecule has 2 heterocycles. The first kappa shape index (κ1) is 12.2. The van der Waals surface area contributed by atoms with Gasteiger partial charge in [-0.2, -0.15) is 0 Å². The van der Waals surface area contributed by atoms with Crippen LogP contribution in [-0.2, 0) is 0 Å². The molecule has 1 fully saturated rings. The Bertz CT molecular complexity index is 358. The first-order valence-electron chi connectivity index (χ1n) is 6.44. The molecule has 1 saturated heterocycles. The van der Waals surface area contributed by atoms with Gasteiger partial charge in [0.05, 0.1) is 0 Å². The third-order valence-electron chi connectivity index (χ3n) is 3.30. The zero-order valence-electron chi connectivity index (χ0n) is 10.6. The summed E-state index contributed by atoms with van der Waals surface area (Å²) in [5, 5.41) is 3.32. The van der Waals surface area contributed by atoms with Crippen LogP contribution in [0.15, 0.2) is 12.3 Å². The maximum atomic E-state index is 5.84. The molecule has 0 bridgehead atoms. The Morgan fingerprint density at radius 3 is 2.88 bits per heavy atom. The molecule has 94 valence electrons. The van der Waals surface area contributed by atoms with Crippen LogP contribution in [0, 0.1) is 6.92 Å². The van der Waals surface area contributed by atoms with Crippen molar-refractivity contribution in [2.75, 3.05) is 37.2 Å². The predicted molar refractivity (Wildman–Crippen MR) is 72.2 cm³/mol. The number of likely N-dealkylation sites (tertiary alicyclic amines) is 1. The Morgan fingerprint density at radius 1 is 1.41 bits per heavy atom. The van der Waals surface area contributed by atoms with Crippen LogP contribution in [0.4, 0.5) is 11.5 Å². The third kappa shape index (κ3) is 3.60. The number of anilines is 2. The van der Waals surface area contributed by atoms with E-state index in [1.807, 2.05) is 19.2 Å². The molecule has 2 rings (SSSR count). The standard InChI is InChI=1S/C13H22N4/c1-11-10-16-13(9-12(11)14)15-5-4-8-17-6-2-3-7-17/h9-10H,2-8H2,1H3,(H3,14,15,16). The van der Waals surface area contributed by atoms with Gasteiger partial charge in [-0.05, 0) is 51.4 Å². The quantitative estimate of drug-likeness (QED) is 0.764. The summed E-state index contributed by atoms with van der Waals surface area (Å²) < 4.78 is 0. The van der Waals surface area contributed by atoms with Crippen LogP contribution in [-0.4, -0.2) is 36.1 Å². The van der Waals surface area contributed by atoms with Crippen molar-refractivity contribution in [3.63, 3.8) is 0 Å². The van der Waals surface area contributed by atoms with Gasteiger partial charge < -0.3 is 16.0 Å². The molecule has 1 aromatic heterocycles. The van der Waals surface area contributed by atoms with Crippen molar-refractivity contribution < 1.29 is 0 Å². The molecule has 0 spiro atoms. The van der Waals surface area contributed by atoms with E-state index in [0.29, 0.717) is 0 Å². The second-order valence-electron chi connectivity index (χ2n) is 4.76. The summed E-state index contributed by atoms with van der Waals surface area (Å²) in [4.78, 5) is 6.83. The van der Waals surface area contributed by atoms with E-state index < -0.39 is 0 Å². The van der Waals surface area contributed by atoms with Gasteiger partial charge in [-0.15, -0.1) is 0 Å². The number of nitrogens with two attached hydrogens (primary N) is 1. The molecule has 0 aliphatic carbocycles. The van der Waals surface area contributed by atoms with Gasteiger partial charge in [-0.25, -0.2) is 4.98 Å². The van der Waals surface area contributed by atoms with Gasteiger partial charge in [0.25, 0.3) is 0 Å². The number of hydrogen-bond acceptors (Lipinski definition) is 4. The molecule has 0 atom stereocenters. The summed E-state index contributed by atoms with van der Waals surface area (Å²) >= 11 is 0. The van der Waals surface area contributed by atoms with Crippen LogP contribution >= 0.6 is 0 Å². The predicted octanol–water partition coefficient (Wildman–Crippen LogP) is 1.87. The molecule has 17 heavy (non-hydrogen) atoms. The number of hydrogen-bond donors (Lipinski definition) is 2. The first-order chi connectivity index (χ1) is 8.25. The zero-order valence-corrected chi connectivity index (χ0v) is 10.6. The molecule has 0 radical (unpaired) electrons. The minimum Gasteiger partial charge on any atom is -0.398 e. The molecule has 4 heteroatoms. The number of pyridine rings is 1. The lowest BCUT2D eigenvalue weighted by atomic mass is 10.2. The number of nitrogens with one attached hydrogen (secondary N) is 1. The average Bonchev–Trinajstić information content (AvgIpc) is 2.82. The van der Waals surface area contributed by atoms with E-state index in [2.05, 4.69) is 15.2 Å². The van der Waals surface area contributed by atoms with Gasteiger partial charge in [-0.1, -0.05) is 0 Å². The second-order valence-corrected chi connectivity index (χ2v) is 4.76. The normalized spacial score (nSPS) is 16.3. The number of nitrogen functional groups attached to an aromatic ring is 1. The largest absolute Gasteiger partial charge is 0.398 e. The van der Waals surface area contributed by atoms with Gasteiger partial charge in [0, 0.05) is 24.5 Å².